The van der Waals surface area contributed by atoms with Crippen LogP contribution < -0.4 is 16.5 Å². The summed E-state index contributed by atoms with van der Waals surface area (Å²) in [6.07, 6.45) is 5.42. The van der Waals surface area contributed by atoms with Crippen molar-refractivity contribution < 1.29 is 14.8 Å². The number of carbonyl (C=O) groups excluding carboxylic acids is 2. The van der Waals surface area contributed by atoms with E-state index in [1.165, 1.54) is 6.20 Å². The number of rotatable bonds is 11. The lowest BCUT2D eigenvalue weighted by molar-refractivity contribution is -0.129. The maximum atomic E-state index is 11.8. The molecule has 1 heterocycles. The first-order valence-electron chi connectivity index (χ1n) is 10.7. The number of carbonyl (C=O) groups is 2. The fourth-order valence-electron chi connectivity index (χ4n) is 3.42. The van der Waals surface area contributed by atoms with Crippen LogP contribution in [0.3, 0.4) is 0 Å². The van der Waals surface area contributed by atoms with Crippen LogP contribution in [0.15, 0.2) is 54.7 Å². The molecule has 0 atom stereocenters. The van der Waals surface area contributed by atoms with Gasteiger partial charge in [0.25, 0.3) is 5.91 Å². The number of aryl methyl sites for hydroxylation is 1. The van der Waals surface area contributed by atoms with Crippen LogP contribution in [0.25, 0.3) is 11.1 Å². The Morgan fingerprint density at radius 1 is 1.00 bits per heavy atom. The zero-order valence-corrected chi connectivity index (χ0v) is 18.8. The molecule has 8 nitrogen and oxygen atoms in total. The summed E-state index contributed by atoms with van der Waals surface area (Å²) >= 11 is 6.28. The fraction of sp³-hybridized carbons (Fsp3) is 0.250. The first kappa shape index (κ1) is 24.2. The van der Waals surface area contributed by atoms with E-state index in [9.17, 15) is 9.59 Å². The molecule has 3 rings (SSSR count). The number of hydrogen-bond acceptors (Lipinski definition) is 6. The summed E-state index contributed by atoms with van der Waals surface area (Å²) < 4.78 is 0. The van der Waals surface area contributed by atoms with Crippen LogP contribution >= 0.6 is 11.6 Å². The van der Waals surface area contributed by atoms with E-state index in [0.717, 1.165) is 36.1 Å². The number of nitrogens with zero attached hydrogens (tertiary/aromatic N) is 2. The monoisotopic (exact) mass is 467 g/mol. The molecule has 33 heavy (non-hydrogen) atoms. The minimum Gasteiger partial charge on any atom is -0.365 e. The Morgan fingerprint density at radius 3 is 2.42 bits per heavy atom. The molecular formula is C24H26ClN5O3. The Balaban J connectivity index is 1.63. The Hall–Kier alpha value is -3.49. The number of anilines is 2. The van der Waals surface area contributed by atoms with Gasteiger partial charge in [0.05, 0.1) is 11.3 Å². The minimum absolute atomic E-state index is 0.278. The van der Waals surface area contributed by atoms with Gasteiger partial charge in [-0.15, -0.1) is 0 Å². The predicted molar refractivity (Wildman–Crippen MR) is 127 cm³/mol. The van der Waals surface area contributed by atoms with E-state index in [4.69, 9.17) is 22.5 Å². The van der Waals surface area contributed by atoms with E-state index in [2.05, 4.69) is 15.3 Å². The van der Waals surface area contributed by atoms with Crippen molar-refractivity contribution in [3.63, 3.8) is 0 Å². The van der Waals surface area contributed by atoms with Crippen molar-refractivity contribution >= 4 is 35.1 Å². The molecule has 0 saturated heterocycles. The number of hydroxylamine groups is 1. The number of aromatic nitrogens is 2. The molecule has 0 bridgehead atoms. The van der Waals surface area contributed by atoms with Crippen molar-refractivity contribution in [3.05, 3.63) is 71.0 Å². The molecule has 0 aliphatic heterocycles. The van der Waals surface area contributed by atoms with Gasteiger partial charge in [0.1, 0.15) is 0 Å². The number of nitrogens with one attached hydrogen (secondary N) is 2. The Kier molecular flexibility index (Phi) is 8.74. The Bertz CT molecular complexity index is 1110. The molecule has 0 spiro atoms. The maximum absolute atomic E-state index is 11.8. The number of hydrogen-bond donors (Lipinski definition) is 4. The van der Waals surface area contributed by atoms with Crippen molar-refractivity contribution in [1.82, 2.24) is 15.4 Å². The van der Waals surface area contributed by atoms with Crippen molar-refractivity contribution in [2.24, 2.45) is 5.73 Å². The predicted octanol–water partition coefficient (Wildman–Crippen LogP) is 4.64. The van der Waals surface area contributed by atoms with Crippen LogP contribution in [0.1, 0.15) is 48.2 Å². The topological polar surface area (TPSA) is 130 Å². The van der Waals surface area contributed by atoms with Gasteiger partial charge in [-0.3, -0.25) is 14.8 Å². The second-order valence-corrected chi connectivity index (χ2v) is 7.96. The van der Waals surface area contributed by atoms with Crippen LogP contribution in [0, 0.1) is 0 Å². The van der Waals surface area contributed by atoms with E-state index >= 15 is 0 Å². The molecule has 5 N–H and O–H groups in total. The van der Waals surface area contributed by atoms with Crippen molar-refractivity contribution in [1.29, 1.82) is 0 Å². The van der Waals surface area contributed by atoms with E-state index in [1.54, 1.807) is 5.48 Å². The lowest BCUT2D eigenvalue weighted by Gasteiger charge is -2.11. The SMILES string of the molecule is NC(=O)c1cnc(Nc2ccc(-c3ccccc3Cl)cc2)nc1CCCCCCC(=O)NO. The number of halogens is 1. The van der Waals surface area contributed by atoms with E-state index < -0.39 is 11.8 Å². The average molecular weight is 468 g/mol. The van der Waals surface area contributed by atoms with Crippen LogP contribution in [-0.4, -0.2) is 27.0 Å². The first-order chi connectivity index (χ1) is 16.0. The van der Waals surface area contributed by atoms with Crippen molar-refractivity contribution in [2.75, 3.05) is 5.32 Å². The summed E-state index contributed by atoms with van der Waals surface area (Å²) in [6.45, 7) is 0. The number of nitrogens with two attached hydrogens (primary N) is 1. The molecular weight excluding hydrogens is 442 g/mol. The maximum Gasteiger partial charge on any atom is 0.252 e. The number of benzene rings is 2. The second kappa shape index (κ2) is 11.9. The molecule has 172 valence electrons. The summed E-state index contributed by atoms with van der Waals surface area (Å²) in [5.74, 6) is -0.585. The molecule has 2 amide bonds. The quantitative estimate of drug-likeness (QED) is 0.184. The third-order valence-corrected chi connectivity index (χ3v) is 5.48. The molecule has 0 radical (unpaired) electrons. The molecule has 3 aromatic rings. The lowest BCUT2D eigenvalue weighted by atomic mass is 10.1. The lowest BCUT2D eigenvalue weighted by Crippen LogP contribution is -2.17. The fourth-order valence-corrected chi connectivity index (χ4v) is 3.66. The van der Waals surface area contributed by atoms with Crippen molar-refractivity contribution in [2.45, 2.75) is 38.5 Å². The molecule has 0 unspecified atom stereocenters. The molecule has 0 aliphatic rings. The van der Waals surface area contributed by atoms with Gasteiger partial charge < -0.3 is 11.1 Å². The molecule has 2 aromatic carbocycles. The van der Waals surface area contributed by atoms with Gasteiger partial charge in [-0.05, 0) is 43.0 Å². The van der Waals surface area contributed by atoms with Gasteiger partial charge in [-0.2, -0.15) is 0 Å². The zero-order chi connectivity index (χ0) is 23.6. The Morgan fingerprint density at radius 2 is 1.73 bits per heavy atom. The standard InChI is InChI=1S/C24H26ClN5O3/c25-20-8-6-5-7-18(20)16-11-13-17(14-12-16)28-24-27-15-19(23(26)32)21(29-24)9-3-1-2-4-10-22(31)30-33/h5-8,11-15,33H,1-4,9-10H2,(H2,26,32)(H,30,31)(H,27,28,29). The highest BCUT2D eigenvalue weighted by molar-refractivity contribution is 6.33. The first-order valence-corrected chi connectivity index (χ1v) is 11.1. The molecule has 0 saturated carbocycles. The zero-order valence-electron chi connectivity index (χ0n) is 18.1. The van der Waals surface area contributed by atoms with Gasteiger partial charge in [0, 0.05) is 28.9 Å². The highest BCUT2D eigenvalue weighted by atomic mass is 35.5. The molecule has 1 aromatic heterocycles. The van der Waals surface area contributed by atoms with Crippen LogP contribution in [0.4, 0.5) is 11.6 Å². The summed E-state index contributed by atoms with van der Waals surface area (Å²) in [4.78, 5) is 31.5. The van der Waals surface area contributed by atoms with E-state index in [0.29, 0.717) is 35.1 Å². The summed E-state index contributed by atoms with van der Waals surface area (Å²) in [6, 6.07) is 15.4. The molecule has 0 aliphatic carbocycles. The summed E-state index contributed by atoms with van der Waals surface area (Å²) in [7, 11) is 0. The third-order valence-electron chi connectivity index (χ3n) is 5.15. The van der Waals surface area contributed by atoms with Crippen molar-refractivity contribution in [3.8, 4) is 11.1 Å². The highest BCUT2D eigenvalue weighted by Gasteiger charge is 2.12. The summed E-state index contributed by atoms with van der Waals surface area (Å²) in [5, 5.41) is 12.4. The molecule has 0 fully saturated rings. The Labute approximate surface area is 197 Å². The van der Waals surface area contributed by atoms with Gasteiger partial charge in [-0.1, -0.05) is 54.8 Å². The average Bonchev–Trinajstić information content (AvgIpc) is 2.82. The normalized spacial score (nSPS) is 10.6. The number of primary amides is 1. The minimum atomic E-state index is -0.569. The van der Waals surface area contributed by atoms with Gasteiger partial charge >= 0.3 is 0 Å². The number of unbranched alkanes of at least 4 members (excludes halogenated alkanes) is 3. The van der Waals surface area contributed by atoms with Gasteiger partial charge in [0.2, 0.25) is 11.9 Å². The van der Waals surface area contributed by atoms with E-state index in [-0.39, 0.29) is 6.42 Å². The largest absolute Gasteiger partial charge is 0.365 e. The van der Waals surface area contributed by atoms with Gasteiger partial charge in [0.15, 0.2) is 0 Å². The number of amides is 2. The highest BCUT2D eigenvalue weighted by Crippen LogP contribution is 2.28. The van der Waals surface area contributed by atoms with Crippen LogP contribution in [0.5, 0.6) is 0 Å². The smallest absolute Gasteiger partial charge is 0.252 e. The second-order valence-electron chi connectivity index (χ2n) is 7.55. The third kappa shape index (κ3) is 7.00. The van der Waals surface area contributed by atoms with E-state index in [1.807, 2.05) is 48.5 Å². The molecule has 9 heteroatoms. The van der Waals surface area contributed by atoms with Crippen LogP contribution in [0.2, 0.25) is 5.02 Å². The van der Waals surface area contributed by atoms with Gasteiger partial charge in [-0.25, -0.2) is 15.4 Å². The van der Waals surface area contributed by atoms with Crippen LogP contribution in [-0.2, 0) is 11.2 Å². The summed E-state index contributed by atoms with van der Waals surface area (Å²) in [5.41, 5.74) is 10.7.